The van der Waals surface area contributed by atoms with Crippen molar-refractivity contribution in [2.75, 3.05) is 30.4 Å². The number of aromatic nitrogens is 2. The van der Waals surface area contributed by atoms with Crippen molar-refractivity contribution in [3.8, 4) is 0 Å². The first kappa shape index (κ1) is 21.0. The molecule has 1 aliphatic rings. The highest BCUT2D eigenvalue weighted by Gasteiger charge is 2.26. The summed E-state index contributed by atoms with van der Waals surface area (Å²) in [7, 11) is 4.17. The Balaban J connectivity index is 1.92. The molecular weight excluding hydrogens is 392 g/mol. The summed E-state index contributed by atoms with van der Waals surface area (Å²) in [6.07, 6.45) is 4.56. The summed E-state index contributed by atoms with van der Waals surface area (Å²) in [4.78, 5) is 9.67. The molecule has 1 aromatic heterocycles. The Morgan fingerprint density at radius 2 is 1.80 bits per heavy atom. The van der Waals surface area contributed by atoms with E-state index in [2.05, 4.69) is 73.5 Å². The number of benzene rings is 2. The van der Waals surface area contributed by atoms with Crippen LogP contribution in [0.3, 0.4) is 0 Å². The minimum absolute atomic E-state index is 0.531. The second-order valence-electron chi connectivity index (χ2n) is 8.63. The van der Waals surface area contributed by atoms with Gasteiger partial charge in [0.15, 0.2) is 0 Å². The molecule has 3 aromatic rings. The van der Waals surface area contributed by atoms with Crippen LogP contribution < -0.4 is 9.80 Å². The Kier molecular flexibility index (Phi) is 5.97. The van der Waals surface area contributed by atoms with Crippen LogP contribution in [0.4, 0.5) is 17.3 Å². The fourth-order valence-corrected chi connectivity index (χ4v) is 4.98. The number of aryl methyl sites for hydroxylation is 2. The highest BCUT2D eigenvalue weighted by atomic mass is 35.5. The van der Waals surface area contributed by atoms with Crippen molar-refractivity contribution in [1.82, 2.24) is 9.55 Å². The normalized spacial score (nSPS) is 14.3. The van der Waals surface area contributed by atoms with Crippen molar-refractivity contribution in [3.63, 3.8) is 0 Å². The summed E-state index contributed by atoms with van der Waals surface area (Å²) >= 11 is 6.66. The smallest absolute Gasteiger partial charge is 0.211 e. The molecule has 0 bridgehead atoms. The topological polar surface area (TPSA) is 24.3 Å². The maximum Gasteiger partial charge on any atom is 0.211 e. The molecule has 0 fully saturated rings. The van der Waals surface area contributed by atoms with E-state index in [4.69, 9.17) is 16.6 Å². The van der Waals surface area contributed by atoms with Gasteiger partial charge in [-0.3, -0.25) is 0 Å². The van der Waals surface area contributed by atoms with E-state index in [9.17, 15) is 0 Å². The lowest BCUT2D eigenvalue weighted by atomic mass is 9.93. The van der Waals surface area contributed by atoms with E-state index in [1.165, 1.54) is 28.0 Å². The zero-order valence-corrected chi connectivity index (χ0v) is 19.6. The van der Waals surface area contributed by atoms with Gasteiger partial charge in [-0.05, 0) is 73.9 Å². The number of hydrogen-bond acceptors (Lipinski definition) is 3. The van der Waals surface area contributed by atoms with Crippen molar-refractivity contribution >= 4 is 40.0 Å². The Morgan fingerprint density at radius 1 is 1.07 bits per heavy atom. The van der Waals surface area contributed by atoms with Gasteiger partial charge < -0.3 is 14.4 Å². The molecule has 0 unspecified atom stereocenters. The largest absolute Gasteiger partial charge is 0.378 e. The van der Waals surface area contributed by atoms with Crippen LogP contribution >= 0.6 is 11.6 Å². The van der Waals surface area contributed by atoms with Crippen molar-refractivity contribution in [2.45, 2.75) is 58.9 Å². The molecule has 0 aliphatic carbocycles. The lowest BCUT2D eigenvalue weighted by Crippen LogP contribution is -2.21. The molecule has 0 atom stereocenters. The van der Waals surface area contributed by atoms with E-state index in [1.54, 1.807) is 0 Å². The Hall–Kier alpha value is -2.20. The molecule has 1 aliphatic heterocycles. The molecule has 2 aromatic carbocycles. The third-order valence-electron chi connectivity index (χ3n) is 6.52. The number of nitrogens with zero attached hydrogens (tertiary/aromatic N) is 4. The fraction of sp³-hybridized carbons (Fsp3) is 0.480. The van der Waals surface area contributed by atoms with Crippen LogP contribution in [0.1, 0.15) is 56.6 Å². The third kappa shape index (κ3) is 3.56. The van der Waals surface area contributed by atoms with Crippen molar-refractivity contribution in [2.24, 2.45) is 0 Å². The van der Waals surface area contributed by atoms with E-state index >= 15 is 0 Å². The van der Waals surface area contributed by atoms with Crippen LogP contribution in [0, 0.1) is 6.92 Å². The molecule has 160 valence electrons. The van der Waals surface area contributed by atoms with Gasteiger partial charge in [0.2, 0.25) is 5.95 Å². The summed E-state index contributed by atoms with van der Waals surface area (Å²) in [6, 6.07) is 11.0. The molecule has 0 saturated heterocycles. The minimum Gasteiger partial charge on any atom is -0.378 e. The number of anilines is 3. The summed E-state index contributed by atoms with van der Waals surface area (Å²) in [6.45, 7) is 8.71. The first-order chi connectivity index (χ1) is 14.5. The van der Waals surface area contributed by atoms with E-state index in [-0.39, 0.29) is 0 Å². The van der Waals surface area contributed by atoms with Crippen LogP contribution in [-0.4, -0.2) is 30.2 Å². The van der Waals surface area contributed by atoms with E-state index in [0.29, 0.717) is 5.92 Å². The van der Waals surface area contributed by atoms with E-state index < -0.39 is 0 Å². The first-order valence-electron chi connectivity index (χ1n) is 11.2. The first-order valence-corrected chi connectivity index (χ1v) is 11.6. The molecule has 4 nitrogen and oxygen atoms in total. The number of imidazole rings is 1. The van der Waals surface area contributed by atoms with Gasteiger partial charge in [0.25, 0.3) is 0 Å². The zero-order valence-electron chi connectivity index (χ0n) is 18.9. The quantitative estimate of drug-likeness (QED) is 0.445. The Bertz CT molecular complexity index is 1050. The van der Waals surface area contributed by atoms with Gasteiger partial charge in [-0.25, -0.2) is 4.98 Å². The van der Waals surface area contributed by atoms with Gasteiger partial charge in [0.05, 0.1) is 10.5 Å². The maximum atomic E-state index is 6.66. The standard InChI is InChI=1S/C25H33ClN4/c1-6-18(7-2)20-11-12-21(26)23-24(20)30-15-9-8-14-29(25(30)27-23)22-13-10-19(28(4)5)16-17(22)3/h10-13,16,18H,6-9,14-15H2,1-5H3. The average molecular weight is 425 g/mol. The third-order valence-corrected chi connectivity index (χ3v) is 6.83. The average Bonchev–Trinajstić information content (AvgIpc) is 2.99. The Morgan fingerprint density at radius 3 is 2.47 bits per heavy atom. The lowest BCUT2D eigenvalue weighted by Gasteiger charge is -2.25. The highest BCUT2D eigenvalue weighted by molar-refractivity contribution is 6.35. The fourth-order valence-electron chi connectivity index (χ4n) is 4.79. The minimum atomic E-state index is 0.531. The molecule has 0 radical (unpaired) electrons. The van der Waals surface area contributed by atoms with Gasteiger partial charge in [-0.1, -0.05) is 31.5 Å². The van der Waals surface area contributed by atoms with Gasteiger partial charge in [0.1, 0.15) is 5.52 Å². The zero-order chi connectivity index (χ0) is 21.4. The van der Waals surface area contributed by atoms with Crippen molar-refractivity contribution in [3.05, 3.63) is 46.5 Å². The maximum absolute atomic E-state index is 6.66. The summed E-state index contributed by atoms with van der Waals surface area (Å²) in [5.74, 6) is 1.56. The summed E-state index contributed by atoms with van der Waals surface area (Å²) in [5, 5.41) is 0.750. The second kappa shape index (κ2) is 8.50. The molecule has 4 rings (SSSR count). The van der Waals surface area contributed by atoms with Crippen molar-refractivity contribution < 1.29 is 0 Å². The van der Waals surface area contributed by atoms with Crippen LogP contribution in [0.5, 0.6) is 0 Å². The van der Waals surface area contributed by atoms with Gasteiger partial charge in [-0.15, -0.1) is 0 Å². The molecule has 2 heterocycles. The van der Waals surface area contributed by atoms with Crippen molar-refractivity contribution in [1.29, 1.82) is 0 Å². The molecule has 0 amide bonds. The summed E-state index contributed by atoms with van der Waals surface area (Å²) in [5.41, 5.74) is 7.30. The number of hydrogen-bond donors (Lipinski definition) is 0. The van der Waals surface area contributed by atoms with Gasteiger partial charge >= 0.3 is 0 Å². The van der Waals surface area contributed by atoms with Crippen LogP contribution in [-0.2, 0) is 6.54 Å². The van der Waals surface area contributed by atoms with Crippen LogP contribution in [0.2, 0.25) is 5.02 Å². The second-order valence-corrected chi connectivity index (χ2v) is 9.04. The number of halogens is 1. The predicted molar refractivity (Wildman–Crippen MR) is 130 cm³/mol. The van der Waals surface area contributed by atoms with E-state index in [0.717, 1.165) is 55.3 Å². The highest BCUT2D eigenvalue weighted by Crippen LogP contribution is 2.40. The predicted octanol–water partition coefficient (Wildman–Crippen LogP) is 6.90. The Labute approximate surface area is 185 Å². The monoisotopic (exact) mass is 424 g/mol. The molecule has 0 spiro atoms. The molecule has 5 heteroatoms. The molecule has 0 N–H and O–H groups in total. The lowest BCUT2D eigenvalue weighted by molar-refractivity contribution is 0.632. The summed E-state index contributed by atoms with van der Waals surface area (Å²) < 4.78 is 2.43. The van der Waals surface area contributed by atoms with Gasteiger partial charge in [-0.2, -0.15) is 0 Å². The SMILES string of the molecule is CCC(CC)c1ccc(Cl)c2nc3n(c12)CCCCN3c1ccc(N(C)C)cc1C. The molecule has 30 heavy (non-hydrogen) atoms. The molecular formula is C25H33ClN4. The van der Waals surface area contributed by atoms with Crippen LogP contribution in [0.25, 0.3) is 11.0 Å². The van der Waals surface area contributed by atoms with Gasteiger partial charge in [0, 0.05) is 38.6 Å². The van der Waals surface area contributed by atoms with E-state index in [1.807, 2.05) is 6.07 Å². The van der Waals surface area contributed by atoms with Crippen LogP contribution in [0.15, 0.2) is 30.3 Å². The number of rotatable bonds is 5. The molecule has 0 saturated carbocycles. The number of fused-ring (bicyclic) bond motifs is 3.